The van der Waals surface area contributed by atoms with Crippen LogP contribution in [0.4, 0.5) is 10.1 Å². The maximum Gasteiger partial charge on any atom is 0.344 e. The van der Waals surface area contributed by atoms with Gasteiger partial charge in [0.1, 0.15) is 12.4 Å². The number of halogens is 1. The van der Waals surface area contributed by atoms with E-state index in [2.05, 4.69) is 5.32 Å². The summed E-state index contributed by atoms with van der Waals surface area (Å²) in [5.41, 5.74) is 3.12. The molecule has 2 fully saturated rings. The van der Waals surface area contributed by atoms with E-state index in [0.717, 1.165) is 61.1 Å². The quantitative estimate of drug-likeness (QED) is 0.420. The van der Waals surface area contributed by atoms with Gasteiger partial charge in [-0.05, 0) is 61.9 Å². The van der Waals surface area contributed by atoms with Crippen LogP contribution in [0.5, 0.6) is 0 Å². The molecule has 1 N–H and O–H groups in total. The summed E-state index contributed by atoms with van der Waals surface area (Å²) in [4.78, 5) is 26.5. The lowest BCUT2D eigenvalue weighted by Crippen LogP contribution is -2.39. The highest BCUT2D eigenvalue weighted by atomic mass is 31.2. The van der Waals surface area contributed by atoms with Crippen LogP contribution < -0.4 is 5.32 Å². The van der Waals surface area contributed by atoms with Gasteiger partial charge in [0, 0.05) is 25.8 Å². The van der Waals surface area contributed by atoms with E-state index in [4.69, 9.17) is 4.74 Å². The molecule has 4 rings (SSSR count). The molecule has 1 aliphatic carbocycles. The monoisotopic (exact) mass is 456 g/mol. The number of hydrogen-bond donors (Lipinski definition) is 1. The molecule has 2 aromatic rings. The van der Waals surface area contributed by atoms with Crippen LogP contribution in [0.1, 0.15) is 48.8 Å². The summed E-state index contributed by atoms with van der Waals surface area (Å²) in [7, 11) is -1.85. The van der Waals surface area contributed by atoms with E-state index in [-0.39, 0.29) is 24.3 Å². The molecule has 0 aromatic heterocycles. The Labute approximate surface area is 190 Å². The van der Waals surface area contributed by atoms with Crippen LogP contribution in [0.15, 0.2) is 42.5 Å². The van der Waals surface area contributed by atoms with Crippen LogP contribution in [0.25, 0.3) is 0 Å². The van der Waals surface area contributed by atoms with Crippen LogP contribution in [-0.4, -0.2) is 35.5 Å². The molecule has 1 aliphatic heterocycles. The fourth-order valence-corrected chi connectivity index (χ4v) is 10.7. The highest BCUT2D eigenvalue weighted by molar-refractivity contribution is 7.79. The van der Waals surface area contributed by atoms with Gasteiger partial charge in [-0.3, -0.25) is 4.79 Å². The Balaban J connectivity index is 1.51. The van der Waals surface area contributed by atoms with Gasteiger partial charge in [0.05, 0.1) is 12.3 Å². The van der Waals surface area contributed by atoms with Crippen molar-refractivity contribution in [2.24, 2.45) is 0 Å². The number of amides is 1. The second-order valence-corrected chi connectivity index (χ2v) is 13.7. The first kappa shape index (κ1) is 22.9. The van der Waals surface area contributed by atoms with Crippen LogP contribution in [0.2, 0.25) is 0 Å². The van der Waals surface area contributed by atoms with Crippen molar-refractivity contribution in [1.29, 1.82) is 0 Å². The minimum atomic E-state index is -1.85. The number of benzene rings is 2. The minimum Gasteiger partial charge on any atom is -0.458 e. The maximum atomic E-state index is 13.7. The smallest absolute Gasteiger partial charge is 0.344 e. The van der Waals surface area contributed by atoms with E-state index in [1.54, 1.807) is 0 Å². The van der Waals surface area contributed by atoms with Gasteiger partial charge in [-0.1, -0.05) is 30.3 Å². The zero-order valence-corrected chi connectivity index (χ0v) is 19.8. The van der Waals surface area contributed by atoms with Crippen LogP contribution in [-0.2, 0) is 20.9 Å². The number of esters is 1. The molecule has 2 aromatic carbocycles. The van der Waals surface area contributed by atoms with E-state index in [1.807, 2.05) is 44.2 Å². The third kappa shape index (κ3) is 4.59. The number of carbonyl (C=O) groups is 2. The molecule has 4 nitrogen and oxygen atoms in total. The standard InChI is InChI=1S/C26H31FNO3P/c1-19-15-22(27)16-20(2)24(19)28-25(30)26(11-12-26)32(13-7-4-8-14-32)18-23(29)31-17-21-9-5-3-6-10-21/h3,5-6,9-10,15-16H,4,7-8,11-14,17-18H2,1-2H3/p+1. The van der Waals surface area contributed by atoms with Crippen molar-refractivity contribution in [2.45, 2.75) is 57.7 Å². The fraction of sp³-hybridized carbons (Fsp3) is 0.462. The number of carbonyl (C=O) groups excluding carboxylic acids is 2. The summed E-state index contributed by atoms with van der Waals surface area (Å²) >= 11 is 0. The van der Waals surface area contributed by atoms with E-state index in [0.29, 0.717) is 11.8 Å². The van der Waals surface area contributed by atoms with Gasteiger partial charge < -0.3 is 10.1 Å². The first-order valence-electron chi connectivity index (χ1n) is 11.5. The van der Waals surface area contributed by atoms with Crippen molar-refractivity contribution >= 4 is 24.8 Å². The van der Waals surface area contributed by atoms with Crippen molar-refractivity contribution in [3.63, 3.8) is 0 Å². The number of nitrogens with one attached hydrogen (secondary N) is 1. The molecule has 0 spiro atoms. The second kappa shape index (κ2) is 9.31. The molecule has 1 amide bonds. The third-order valence-electron chi connectivity index (χ3n) is 7.14. The highest BCUT2D eigenvalue weighted by Gasteiger charge is 2.71. The Morgan fingerprint density at radius 1 is 1.03 bits per heavy atom. The third-order valence-corrected chi connectivity index (χ3v) is 12.8. The van der Waals surface area contributed by atoms with Crippen LogP contribution in [0, 0.1) is 19.7 Å². The van der Waals surface area contributed by atoms with Gasteiger partial charge in [-0.25, -0.2) is 9.18 Å². The number of anilines is 1. The van der Waals surface area contributed by atoms with E-state index in [1.165, 1.54) is 12.1 Å². The Morgan fingerprint density at radius 3 is 2.25 bits per heavy atom. The van der Waals surface area contributed by atoms with Crippen molar-refractivity contribution in [3.8, 4) is 0 Å². The summed E-state index contributed by atoms with van der Waals surface area (Å²) in [6, 6.07) is 12.6. The second-order valence-electron chi connectivity index (χ2n) is 9.36. The zero-order valence-electron chi connectivity index (χ0n) is 19.0. The van der Waals surface area contributed by atoms with Crippen LogP contribution in [0.3, 0.4) is 0 Å². The van der Waals surface area contributed by atoms with E-state index >= 15 is 0 Å². The Morgan fingerprint density at radius 2 is 1.66 bits per heavy atom. The normalized spacial score (nSPS) is 18.6. The molecule has 2 aliphatic rings. The number of ether oxygens (including phenoxy) is 1. The topological polar surface area (TPSA) is 55.4 Å². The molecule has 6 heteroatoms. The van der Waals surface area contributed by atoms with Crippen molar-refractivity contribution in [1.82, 2.24) is 0 Å². The van der Waals surface area contributed by atoms with Gasteiger partial charge in [0.2, 0.25) is 0 Å². The molecule has 0 bridgehead atoms. The molecule has 170 valence electrons. The SMILES string of the molecule is Cc1cc(F)cc(C)c1NC(=O)C1([P+]2(CC(=O)OCc3ccccc3)CCCCC2)CC1. The predicted octanol–water partition coefficient (Wildman–Crippen LogP) is 5.86. The predicted molar refractivity (Wildman–Crippen MR) is 128 cm³/mol. The van der Waals surface area contributed by atoms with Gasteiger partial charge in [0.15, 0.2) is 11.3 Å². The van der Waals surface area contributed by atoms with Gasteiger partial charge in [-0.2, -0.15) is 0 Å². The van der Waals surface area contributed by atoms with Gasteiger partial charge in [-0.15, -0.1) is 0 Å². The molecule has 0 unspecified atom stereocenters. The molecule has 0 radical (unpaired) electrons. The fourth-order valence-electron chi connectivity index (χ4n) is 5.26. The van der Waals surface area contributed by atoms with Crippen molar-refractivity contribution in [2.75, 3.05) is 23.8 Å². The summed E-state index contributed by atoms with van der Waals surface area (Å²) in [5, 5.41) is 2.69. The zero-order chi connectivity index (χ0) is 22.8. The summed E-state index contributed by atoms with van der Waals surface area (Å²) < 4.78 is 19.4. The first-order chi connectivity index (χ1) is 15.4. The Hall–Kier alpha value is -2.26. The summed E-state index contributed by atoms with van der Waals surface area (Å²) in [6.45, 7) is 3.91. The lowest BCUT2D eigenvalue weighted by molar-refractivity contribution is -0.141. The molecular formula is C26H32FNO3P+. The van der Waals surface area contributed by atoms with E-state index < -0.39 is 12.4 Å². The summed E-state index contributed by atoms with van der Waals surface area (Å²) in [6.07, 6.45) is 7.30. The first-order valence-corrected chi connectivity index (χ1v) is 13.8. The van der Waals surface area contributed by atoms with Crippen molar-refractivity contribution in [3.05, 3.63) is 65.0 Å². The average molecular weight is 457 g/mol. The highest BCUT2D eigenvalue weighted by Crippen LogP contribution is 2.79. The molecule has 0 atom stereocenters. The molecule has 32 heavy (non-hydrogen) atoms. The van der Waals surface area contributed by atoms with Gasteiger partial charge in [0.25, 0.3) is 5.91 Å². The molecular weight excluding hydrogens is 424 g/mol. The van der Waals surface area contributed by atoms with Crippen molar-refractivity contribution < 1.29 is 18.7 Å². The maximum absolute atomic E-state index is 13.7. The number of rotatable bonds is 7. The van der Waals surface area contributed by atoms with Crippen LogP contribution >= 0.6 is 7.26 Å². The minimum absolute atomic E-state index is 0.0152. The Kier molecular flexibility index (Phi) is 6.67. The summed E-state index contributed by atoms with van der Waals surface area (Å²) in [5.74, 6) is -0.463. The molecule has 1 saturated carbocycles. The Bertz CT molecular complexity index is 974. The lowest BCUT2D eigenvalue weighted by Gasteiger charge is -2.36. The largest absolute Gasteiger partial charge is 0.458 e. The molecule has 1 heterocycles. The van der Waals surface area contributed by atoms with Gasteiger partial charge >= 0.3 is 5.97 Å². The number of hydrogen-bond acceptors (Lipinski definition) is 3. The lowest BCUT2D eigenvalue weighted by atomic mass is 10.1. The van der Waals surface area contributed by atoms with E-state index in [9.17, 15) is 14.0 Å². The number of aryl methyl sites for hydroxylation is 2. The molecule has 1 saturated heterocycles. The average Bonchev–Trinajstić information content (AvgIpc) is 3.59.